The minimum atomic E-state index is -0.180. The number of aryl methyl sites for hydroxylation is 3. The molecule has 0 radical (unpaired) electrons. The minimum absolute atomic E-state index is 0.180. The number of hydrogen-bond acceptors (Lipinski definition) is 3. The highest BCUT2D eigenvalue weighted by Crippen LogP contribution is 2.24. The Kier molecular flexibility index (Phi) is 10.8. The number of ether oxygens (including phenoxy) is 3. The molecule has 0 spiro atoms. The predicted octanol–water partition coefficient (Wildman–Crippen LogP) is 9.74. The number of rotatable bonds is 12. The fourth-order valence-corrected chi connectivity index (χ4v) is 4.78. The highest BCUT2D eigenvalue weighted by molar-refractivity contribution is 6.58. The maximum absolute atomic E-state index is 6.01. The largest absolute Gasteiger partial charge is 0.488 e. The molecule has 216 valence electrons. The molecule has 3 aromatic rings. The fourth-order valence-electron chi connectivity index (χ4n) is 4.78. The third-order valence-corrected chi connectivity index (χ3v) is 6.57. The Morgan fingerprint density at radius 1 is 0.400 bits per heavy atom. The Hall–Kier alpha value is -2.88. The van der Waals surface area contributed by atoms with Gasteiger partial charge in [0.05, 0.1) is 0 Å². The zero-order valence-corrected chi connectivity index (χ0v) is 26.5. The summed E-state index contributed by atoms with van der Waals surface area (Å²) < 4.78 is 18.0. The first kappa shape index (κ1) is 31.6. The summed E-state index contributed by atoms with van der Waals surface area (Å²) in [5, 5.41) is 0. The van der Waals surface area contributed by atoms with Gasteiger partial charge in [0.15, 0.2) is 0 Å². The van der Waals surface area contributed by atoms with Gasteiger partial charge in [0.2, 0.25) is 0 Å². The molecule has 4 heteroatoms. The molecule has 0 aliphatic heterocycles. The van der Waals surface area contributed by atoms with Crippen LogP contribution in [0.2, 0.25) is 19.0 Å². The molecule has 3 rings (SSSR count). The first-order chi connectivity index (χ1) is 18.6. The maximum atomic E-state index is 6.01. The van der Waals surface area contributed by atoms with Gasteiger partial charge in [-0.25, -0.2) is 0 Å². The van der Waals surface area contributed by atoms with E-state index in [1.54, 1.807) is 0 Å². The average Bonchev–Trinajstić information content (AvgIpc) is 2.83. The molecule has 0 aliphatic rings. The van der Waals surface area contributed by atoms with Crippen molar-refractivity contribution in [2.45, 2.75) is 117 Å². The number of benzene rings is 3. The quantitative estimate of drug-likeness (QED) is 0.213. The molecule has 0 saturated heterocycles. The van der Waals surface area contributed by atoms with Gasteiger partial charge in [-0.3, -0.25) is 0 Å². The summed E-state index contributed by atoms with van der Waals surface area (Å²) in [7, 11) is 0. The maximum Gasteiger partial charge on any atom is 0.140 e. The highest BCUT2D eigenvalue weighted by atomic mass is 16.5. The van der Waals surface area contributed by atoms with Gasteiger partial charge in [0.25, 0.3) is 0 Å². The molecule has 3 aromatic carbocycles. The first-order valence-corrected chi connectivity index (χ1v) is 15.0. The van der Waals surface area contributed by atoms with Gasteiger partial charge in [0, 0.05) is 0 Å². The molecule has 0 aliphatic carbocycles. The van der Waals surface area contributed by atoms with Crippen LogP contribution in [0.3, 0.4) is 0 Å². The van der Waals surface area contributed by atoms with Crippen LogP contribution >= 0.6 is 0 Å². The molecule has 3 nitrogen and oxygen atoms in total. The molecule has 0 atom stereocenters. The lowest BCUT2D eigenvalue weighted by Gasteiger charge is -2.21. The first-order valence-electron chi connectivity index (χ1n) is 15.0. The van der Waals surface area contributed by atoms with E-state index in [0.29, 0.717) is 6.71 Å². The highest BCUT2D eigenvalue weighted by Gasteiger charge is 2.17. The standard InChI is InChI=1S/C36H51BO3/c1-34(2,3)38-31-16-10-28(11-17-31)22-25-37(26-23-29-12-18-32(19-13-29)39-35(4,5)6)27-24-30-14-20-33(21-15-30)40-36(7,8)9/h10-21H,22-27H2,1-9H3. The van der Waals surface area contributed by atoms with Crippen LogP contribution in [0.4, 0.5) is 0 Å². The van der Waals surface area contributed by atoms with Crippen LogP contribution in [0, 0.1) is 0 Å². The van der Waals surface area contributed by atoms with E-state index in [-0.39, 0.29) is 16.8 Å². The summed E-state index contributed by atoms with van der Waals surface area (Å²) in [5.41, 5.74) is 3.58. The van der Waals surface area contributed by atoms with Crippen molar-refractivity contribution in [3.05, 3.63) is 89.5 Å². The molecular formula is C36H51BO3. The van der Waals surface area contributed by atoms with E-state index < -0.39 is 0 Å². The van der Waals surface area contributed by atoms with Crippen LogP contribution < -0.4 is 14.2 Å². The van der Waals surface area contributed by atoms with E-state index in [2.05, 4.69) is 135 Å². The Bertz CT molecular complexity index is 995. The predicted molar refractivity (Wildman–Crippen MR) is 172 cm³/mol. The van der Waals surface area contributed by atoms with Crippen molar-refractivity contribution >= 4 is 6.71 Å². The summed E-state index contributed by atoms with van der Waals surface area (Å²) in [6.45, 7) is 19.4. The normalized spacial score (nSPS) is 12.2. The monoisotopic (exact) mass is 542 g/mol. The van der Waals surface area contributed by atoms with E-state index >= 15 is 0 Å². The van der Waals surface area contributed by atoms with Gasteiger partial charge in [0.1, 0.15) is 40.8 Å². The van der Waals surface area contributed by atoms with E-state index in [1.165, 1.54) is 35.7 Å². The van der Waals surface area contributed by atoms with Gasteiger partial charge >= 0.3 is 0 Å². The smallest absolute Gasteiger partial charge is 0.140 e. The molecule has 0 N–H and O–H groups in total. The van der Waals surface area contributed by atoms with E-state index in [1.807, 2.05) is 0 Å². The van der Waals surface area contributed by atoms with Crippen molar-refractivity contribution < 1.29 is 14.2 Å². The van der Waals surface area contributed by atoms with Gasteiger partial charge in [-0.2, -0.15) is 0 Å². The van der Waals surface area contributed by atoms with Crippen molar-refractivity contribution in [2.24, 2.45) is 0 Å². The second-order valence-electron chi connectivity index (χ2n) is 14.1. The van der Waals surface area contributed by atoms with E-state index in [9.17, 15) is 0 Å². The fraction of sp³-hybridized carbons (Fsp3) is 0.500. The lowest BCUT2D eigenvalue weighted by atomic mass is 9.41. The summed E-state index contributed by atoms with van der Waals surface area (Å²) in [6, 6.07) is 26.0. The minimum Gasteiger partial charge on any atom is -0.488 e. The molecular weight excluding hydrogens is 491 g/mol. The van der Waals surface area contributed by atoms with Crippen LogP contribution in [0.1, 0.15) is 79.0 Å². The Morgan fingerprint density at radius 3 is 0.825 bits per heavy atom. The summed E-state index contributed by atoms with van der Waals surface area (Å²) in [4.78, 5) is 0. The summed E-state index contributed by atoms with van der Waals surface area (Å²) >= 11 is 0. The van der Waals surface area contributed by atoms with Crippen molar-refractivity contribution in [2.75, 3.05) is 0 Å². The van der Waals surface area contributed by atoms with Crippen molar-refractivity contribution in [1.29, 1.82) is 0 Å². The van der Waals surface area contributed by atoms with Crippen molar-refractivity contribution in [3.8, 4) is 17.2 Å². The van der Waals surface area contributed by atoms with E-state index in [4.69, 9.17) is 14.2 Å². The molecule has 0 unspecified atom stereocenters. The SMILES string of the molecule is CC(C)(C)Oc1ccc(CCB(CCc2ccc(OC(C)(C)C)cc2)CCc2ccc(OC(C)(C)C)cc2)cc1. The van der Waals surface area contributed by atoms with Gasteiger partial charge in [-0.15, -0.1) is 0 Å². The summed E-state index contributed by atoms with van der Waals surface area (Å²) in [5.74, 6) is 2.81. The Labute approximate surface area is 244 Å². The summed E-state index contributed by atoms with van der Waals surface area (Å²) in [6.07, 6.45) is 6.77. The molecule has 40 heavy (non-hydrogen) atoms. The van der Waals surface area contributed by atoms with Crippen LogP contribution in [0.25, 0.3) is 0 Å². The van der Waals surface area contributed by atoms with Crippen LogP contribution in [0.5, 0.6) is 17.2 Å². The molecule has 0 amide bonds. The van der Waals surface area contributed by atoms with Crippen molar-refractivity contribution in [1.82, 2.24) is 0 Å². The zero-order chi connectivity index (χ0) is 29.4. The second-order valence-corrected chi connectivity index (χ2v) is 14.1. The third-order valence-electron chi connectivity index (χ3n) is 6.57. The molecule has 0 bridgehead atoms. The molecule has 0 fully saturated rings. The van der Waals surface area contributed by atoms with Crippen molar-refractivity contribution in [3.63, 3.8) is 0 Å². The molecule has 0 heterocycles. The van der Waals surface area contributed by atoms with Gasteiger partial charge < -0.3 is 14.2 Å². The zero-order valence-electron chi connectivity index (χ0n) is 26.5. The Morgan fingerprint density at radius 2 is 0.625 bits per heavy atom. The lowest BCUT2D eigenvalue weighted by Crippen LogP contribution is -2.22. The van der Waals surface area contributed by atoms with Crippen LogP contribution in [-0.2, 0) is 19.3 Å². The lowest BCUT2D eigenvalue weighted by molar-refractivity contribution is 0.130. The molecule has 0 aromatic heterocycles. The third kappa shape index (κ3) is 12.5. The van der Waals surface area contributed by atoms with Gasteiger partial charge in [-0.1, -0.05) is 55.4 Å². The second kappa shape index (κ2) is 13.7. The Balaban J connectivity index is 1.62. The van der Waals surface area contributed by atoms with Crippen LogP contribution in [-0.4, -0.2) is 23.5 Å². The average molecular weight is 543 g/mol. The van der Waals surface area contributed by atoms with Gasteiger partial charge in [-0.05, 0) is 135 Å². The molecule has 0 saturated carbocycles. The topological polar surface area (TPSA) is 27.7 Å². The van der Waals surface area contributed by atoms with E-state index in [0.717, 1.165) is 36.5 Å². The number of hydrogen-bond donors (Lipinski definition) is 0. The van der Waals surface area contributed by atoms with Crippen LogP contribution in [0.15, 0.2) is 72.8 Å².